The maximum absolute atomic E-state index is 12.4. The van der Waals surface area contributed by atoms with E-state index in [1.54, 1.807) is 18.5 Å². The van der Waals surface area contributed by atoms with Crippen LogP contribution >= 0.6 is 11.8 Å². The number of thioether (sulfide) groups is 1. The van der Waals surface area contributed by atoms with Gasteiger partial charge in [-0.25, -0.2) is 9.98 Å². The number of nitrogens with zero attached hydrogens (tertiary/aromatic N) is 3. The van der Waals surface area contributed by atoms with E-state index < -0.39 is 17.3 Å². The van der Waals surface area contributed by atoms with Crippen LogP contribution in [0.1, 0.15) is 15.9 Å². The lowest BCUT2D eigenvalue weighted by Gasteiger charge is -2.15. The summed E-state index contributed by atoms with van der Waals surface area (Å²) in [6, 6.07) is 13.1. The molecule has 2 amide bonds. The first kappa shape index (κ1) is 23.6. The second-order valence-electron chi connectivity index (χ2n) is 7.34. The van der Waals surface area contributed by atoms with Gasteiger partial charge in [-0.05, 0) is 40.8 Å². The fraction of sp³-hybridized carbons (Fsp3) is 0.130. The zero-order valence-corrected chi connectivity index (χ0v) is 19.9. The molecule has 1 unspecified atom stereocenters. The van der Waals surface area contributed by atoms with Crippen LogP contribution in [0.15, 0.2) is 71.5 Å². The molecule has 11 heteroatoms. The van der Waals surface area contributed by atoms with Crippen LogP contribution in [0.5, 0.6) is 0 Å². The Bertz CT molecular complexity index is 1280. The highest BCUT2D eigenvalue weighted by atomic mass is 32.2. The molecular weight excluding hydrogens is 472 g/mol. The monoisotopic (exact) mass is 494 g/mol. The minimum atomic E-state index is -1.25. The summed E-state index contributed by atoms with van der Waals surface area (Å²) >= 11 is 0.273. The number of carbonyl (C=O) groups is 2. The van der Waals surface area contributed by atoms with E-state index in [0.717, 1.165) is 22.4 Å². The van der Waals surface area contributed by atoms with Gasteiger partial charge in [0.05, 0.1) is 47.3 Å². The Hall–Kier alpha value is -3.54. The van der Waals surface area contributed by atoms with Crippen molar-refractivity contribution < 1.29 is 14.1 Å². The van der Waals surface area contributed by atoms with Gasteiger partial charge in [0.15, 0.2) is 0 Å². The van der Waals surface area contributed by atoms with E-state index in [-0.39, 0.29) is 12.5 Å². The number of anilines is 1. The Morgan fingerprint density at radius 3 is 2.76 bits per heavy atom. The molecule has 3 heterocycles. The van der Waals surface area contributed by atoms with Crippen LogP contribution < -0.4 is 16.4 Å². The molecule has 1 aromatic carbocycles. The van der Waals surface area contributed by atoms with Crippen LogP contribution in [-0.2, 0) is 16.2 Å². The summed E-state index contributed by atoms with van der Waals surface area (Å²) in [5, 5.41) is 7.26. The fourth-order valence-corrected chi connectivity index (χ4v) is 4.44. The molecule has 2 aromatic heterocycles. The maximum atomic E-state index is 12.4. The van der Waals surface area contributed by atoms with Crippen LogP contribution in [0.25, 0.3) is 16.8 Å². The number of aromatic nitrogens is 2. The first-order valence-corrected chi connectivity index (χ1v) is 12.8. The van der Waals surface area contributed by atoms with E-state index in [1.807, 2.05) is 41.8 Å². The Labute approximate surface area is 203 Å². The molecule has 0 spiro atoms. The van der Waals surface area contributed by atoms with E-state index in [9.17, 15) is 14.1 Å². The number of nitrogens with one attached hydrogen (secondary N) is 2. The minimum Gasteiger partial charge on any atom is -0.593 e. The first-order chi connectivity index (χ1) is 16.4. The lowest BCUT2D eigenvalue weighted by atomic mass is 10.0. The zero-order chi connectivity index (χ0) is 24.1. The summed E-state index contributed by atoms with van der Waals surface area (Å²) in [4.78, 5) is 33.2. The van der Waals surface area contributed by atoms with Crippen LogP contribution in [0.2, 0.25) is 0 Å². The van der Waals surface area contributed by atoms with Crippen molar-refractivity contribution in [2.75, 3.05) is 24.3 Å². The van der Waals surface area contributed by atoms with Crippen molar-refractivity contribution in [1.29, 1.82) is 0 Å². The van der Waals surface area contributed by atoms with Gasteiger partial charge >= 0.3 is 0 Å². The van der Waals surface area contributed by atoms with Gasteiger partial charge in [0.2, 0.25) is 5.91 Å². The summed E-state index contributed by atoms with van der Waals surface area (Å²) in [5.41, 5.74) is 9.69. The molecule has 34 heavy (non-hydrogen) atoms. The highest BCUT2D eigenvalue weighted by Crippen LogP contribution is 2.28. The number of pyridine rings is 1. The van der Waals surface area contributed by atoms with E-state index in [0.29, 0.717) is 23.0 Å². The third-order valence-corrected chi connectivity index (χ3v) is 6.51. The van der Waals surface area contributed by atoms with Crippen LogP contribution in [-0.4, -0.2) is 49.7 Å². The molecule has 1 aliphatic rings. The number of hydrogen-bond donors (Lipinski definition) is 3. The number of nitrogen functional groups attached to an aromatic ring is 1. The zero-order valence-electron chi connectivity index (χ0n) is 18.2. The average Bonchev–Trinajstić information content (AvgIpc) is 3.34. The Morgan fingerprint density at radius 1 is 1.21 bits per heavy atom. The molecule has 0 fully saturated rings. The van der Waals surface area contributed by atoms with Crippen molar-refractivity contribution in [3.05, 3.63) is 77.6 Å². The molecular formula is C23H22N6O3S2. The summed E-state index contributed by atoms with van der Waals surface area (Å²) < 4.78 is 12.9. The van der Waals surface area contributed by atoms with Gasteiger partial charge in [0, 0.05) is 11.8 Å². The normalized spacial score (nSPS) is 14.1. The Morgan fingerprint density at radius 2 is 2.00 bits per heavy atom. The Balaban J connectivity index is 1.38. The van der Waals surface area contributed by atoms with Gasteiger partial charge in [-0.1, -0.05) is 18.2 Å². The maximum Gasteiger partial charge on any atom is 0.253 e. The van der Waals surface area contributed by atoms with Gasteiger partial charge in [-0.2, -0.15) is 3.97 Å². The number of carbonyl (C=O) groups excluding carboxylic acids is 2. The van der Waals surface area contributed by atoms with Crippen molar-refractivity contribution in [3.8, 4) is 11.1 Å². The van der Waals surface area contributed by atoms with Crippen molar-refractivity contribution >= 4 is 52.3 Å². The lowest BCUT2D eigenvalue weighted by molar-refractivity contribution is -0.118. The molecule has 174 valence electrons. The predicted octanol–water partition coefficient (Wildman–Crippen LogP) is 2.26. The number of rotatable bonds is 6. The van der Waals surface area contributed by atoms with Crippen LogP contribution in [0, 0.1) is 0 Å². The van der Waals surface area contributed by atoms with Crippen molar-refractivity contribution in [2.24, 2.45) is 4.99 Å². The number of amidine groups is 1. The highest BCUT2D eigenvalue weighted by Gasteiger charge is 2.15. The van der Waals surface area contributed by atoms with Gasteiger partial charge < -0.3 is 20.9 Å². The topological polar surface area (TPSA) is 137 Å². The second kappa shape index (κ2) is 10.6. The number of nitrogens with two attached hydrogens (primary N) is 1. The summed E-state index contributed by atoms with van der Waals surface area (Å²) in [6.45, 7) is -0.207. The Kier molecular flexibility index (Phi) is 7.36. The third-order valence-electron chi connectivity index (χ3n) is 4.86. The van der Waals surface area contributed by atoms with Gasteiger partial charge in [-0.15, -0.1) is 11.8 Å². The molecule has 3 aromatic rings. The third kappa shape index (κ3) is 5.87. The standard InChI is InChI=1S/C23H22N6O3S2/c1-34(32)29-8-6-18(12-29)23(31)26-11-22(30)28-21-14-33-13-19(27-21)17-4-2-3-15(9-17)16-5-7-25-20(24)10-16/h2-10,12-13H,11,14H2,1H3,(H2,24,25)(H,26,31)(H,27,28,30). The smallest absolute Gasteiger partial charge is 0.253 e. The predicted molar refractivity (Wildman–Crippen MR) is 136 cm³/mol. The molecule has 9 nitrogen and oxygen atoms in total. The molecule has 0 aliphatic carbocycles. The lowest BCUT2D eigenvalue weighted by Crippen LogP contribution is -2.40. The molecule has 1 atom stereocenters. The number of hydrogen-bond acceptors (Lipinski definition) is 7. The molecule has 0 bridgehead atoms. The van der Waals surface area contributed by atoms with E-state index >= 15 is 0 Å². The number of amides is 2. The van der Waals surface area contributed by atoms with Crippen molar-refractivity contribution in [3.63, 3.8) is 0 Å². The van der Waals surface area contributed by atoms with Crippen molar-refractivity contribution in [2.45, 2.75) is 0 Å². The molecule has 0 radical (unpaired) electrons. The molecule has 4 rings (SSSR count). The van der Waals surface area contributed by atoms with Crippen molar-refractivity contribution in [1.82, 2.24) is 19.6 Å². The summed E-state index contributed by atoms with van der Waals surface area (Å²) in [5.74, 6) is 0.660. The van der Waals surface area contributed by atoms with Gasteiger partial charge in [0.25, 0.3) is 5.91 Å². The fourth-order valence-electron chi connectivity index (χ4n) is 3.23. The molecule has 1 aliphatic heterocycles. The first-order valence-electron chi connectivity index (χ1n) is 10.2. The summed E-state index contributed by atoms with van der Waals surface area (Å²) in [7, 11) is 0. The second-order valence-corrected chi connectivity index (χ2v) is 9.46. The van der Waals surface area contributed by atoms with E-state index in [1.165, 1.54) is 28.2 Å². The molecule has 0 saturated carbocycles. The minimum absolute atomic E-state index is 0.207. The van der Waals surface area contributed by atoms with Crippen LogP contribution in [0.3, 0.4) is 0 Å². The quantitative estimate of drug-likeness (QED) is 0.450. The molecule has 0 saturated heterocycles. The largest absolute Gasteiger partial charge is 0.593 e. The van der Waals surface area contributed by atoms with E-state index in [2.05, 4.69) is 20.6 Å². The van der Waals surface area contributed by atoms with E-state index in [4.69, 9.17) is 5.73 Å². The van der Waals surface area contributed by atoms with Gasteiger partial charge in [0.1, 0.15) is 17.9 Å². The van der Waals surface area contributed by atoms with Gasteiger partial charge in [-0.3, -0.25) is 9.59 Å². The number of benzene rings is 1. The summed E-state index contributed by atoms with van der Waals surface area (Å²) in [6.07, 6.45) is 6.19. The van der Waals surface area contributed by atoms with Crippen LogP contribution in [0.4, 0.5) is 5.82 Å². The highest BCUT2D eigenvalue weighted by molar-refractivity contribution is 8.03. The molecule has 4 N–H and O–H groups in total. The average molecular weight is 495 g/mol. The SMILES string of the molecule is C[S+]([O-])n1ccc(C(=O)NCC(=O)NC2=NC(c3cccc(-c4ccnc(N)c4)c3)=CSC2)c1. The number of aliphatic imine (C=N–C) groups is 1.